The molecule has 5 heteroatoms. The molecule has 0 N–H and O–H groups in total. The summed E-state index contributed by atoms with van der Waals surface area (Å²) >= 11 is 6.03. The van der Waals surface area contributed by atoms with Crippen molar-refractivity contribution in [3.8, 4) is 5.75 Å². The fraction of sp³-hybridized carbons (Fsp3) is 0.250. The predicted molar refractivity (Wildman–Crippen MR) is 89.8 cm³/mol. The van der Waals surface area contributed by atoms with Gasteiger partial charge >= 0.3 is 0 Å². The molecule has 21 heavy (non-hydrogen) atoms. The molecule has 110 valence electrons. The van der Waals surface area contributed by atoms with Gasteiger partial charge in [-0.25, -0.2) is 4.67 Å². The molecule has 0 saturated carbocycles. The quantitative estimate of drug-likeness (QED) is 0.808. The minimum Gasteiger partial charge on any atom is -0.449 e. The Bertz CT molecular complexity index is 615. The Morgan fingerprint density at radius 3 is 2.10 bits per heavy atom. The van der Waals surface area contributed by atoms with Gasteiger partial charge in [0, 0.05) is 18.4 Å². The Hall–Kier alpha value is -1.19. The number of rotatable bonds is 4. The van der Waals surface area contributed by atoms with Gasteiger partial charge in [-0.15, -0.1) is 0 Å². The first-order valence-electron chi connectivity index (χ1n) is 7.02. The molecule has 1 fully saturated rings. The van der Waals surface area contributed by atoms with Gasteiger partial charge < -0.3 is 9.26 Å². The van der Waals surface area contributed by atoms with Crippen LogP contribution in [-0.2, 0) is 16.5 Å². The van der Waals surface area contributed by atoms with E-state index in [1.807, 2.05) is 48.5 Å². The van der Waals surface area contributed by atoms with Crippen molar-refractivity contribution in [2.75, 3.05) is 26.3 Å². The van der Waals surface area contributed by atoms with Gasteiger partial charge in [0.15, 0.2) is 0 Å². The molecular formula is C16H18NO2PS. The molecule has 0 bridgehead atoms. The molecule has 3 rings (SSSR count). The van der Waals surface area contributed by atoms with E-state index in [0.29, 0.717) is 13.2 Å². The molecule has 1 atom stereocenters. The minimum atomic E-state index is -2.28. The lowest BCUT2D eigenvalue weighted by Crippen LogP contribution is -2.38. The second kappa shape index (κ2) is 6.71. The number of benzene rings is 2. The number of hydrogen-bond acceptors (Lipinski definition) is 3. The highest BCUT2D eigenvalue weighted by Gasteiger charge is 2.31. The first kappa shape index (κ1) is 14.7. The second-order valence-corrected chi connectivity index (χ2v) is 8.62. The monoisotopic (exact) mass is 319 g/mol. The molecule has 2 aromatic rings. The molecule has 0 aromatic heterocycles. The molecule has 0 spiro atoms. The topological polar surface area (TPSA) is 21.7 Å². The molecule has 0 amide bonds. The largest absolute Gasteiger partial charge is 0.449 e. The minimum absolute atomic E-state index is 0.712. The zero-order valence-electron chi connectivity index (χ0n) is 11.7. The first-order chi connectivity index (χ1) is 10.3. The Morgan fingerprint density at radius 1 is 0.905 bits per heavy atom. The van der Waals surface area contributed by atoms with Crippen molar-refractivity contribution in [3.63, 3.8) is 0 Å². The first-order valence-corrected chi connectivity index (χ1v) is 9.70. The van der Waals surface area contributed by atoms with E-state index in [2.05, 4.69) is 16.8 Å². The molecule has 0 aliphatic carbocycles. The van der Waals surface area contributed by atoms with Crippen LogP contribution in [0.4, 0.5) is 0 Å². The summed E-state index contributed by atoms with van der Waals surface area (Å²) in [5, 5.41) is 1.09. The number of ether oxygens (including phenoxy) is 1. The Morgan fingerprint density at radius 2 is 1.48 bits per heavy atom. The fourth-order valence-corrected chi connectivity index (χ4v) is 5.64. The zero-order valence-corrected chi connectivity index (χ0v) is 13.4. The summed E-state index contributed by atoms with van der Waals surface area (Å²) < 4.78 is 14.1. The molecule has 1 aliphatic heterocycles. The highest BCUT2D eigenvalue weighted by atomic mass is 32.4. The average molecular weight is 319 g/mol. The third-order valence-electron chi connectivity index (χ3n) is 3.41. The zero-order chi connectivity index (χ0) is 14.5. The molecule has 1 aliphatic rings. The van der Waals surface area contributed by atoms with E-state index < -0.39 is 6.42 Å². The molecule has 1 saturated heterocycles. The molecular weight excluding hydrogens is 301 g/mol. The highest BCUT2D eigenvalue weighted by Crippen LogP contribution is 2.50. The number of hydrogen-bond donors (Lipinski definition) is 0. The third kappa shape index (κ3) is 3.35. The van der Waals surface area contributed by atoms with E-state index >= 15 is 0 Å². The van der Waals surface area contributed by atoms with Gasteiger partial charge in [-0.05, 0) is 36.1 Å². The number of morpholine rings is 1. The normalized spacial score (nSPS) is 18.9. The van der Waals surface area contributed by atoms with Crippen LogP contribution in [0.25, 0.3) is 0 Å². The number of nitrogens with zero attached hydrogens (tertiary/aromatic N) is 1. The lowest BCUT2D eigenvalue weighted by atomic mass is 10.3. The SMILES string of the molecule is S=P(Oc1ccccc1)(c1ccccc1)N1CCOCC1. The van der Waals surface area contributed by atoms with E-state index in [9.17, 15) is 0 Å². The predicted octanol–water partition coefficient (Wildman–Crippen LogP) is 3.03. The van der Waals surface area contributed by atoms with Crippen molar-refractivity contribution in [2.24, 2.45) is 0 Å². The van der Waals surface area contributed by atoms with Gasteiger partial charge in [0.1, 0.15) is 5.75 Å². The Balaban J connectivity index is 1.96. The van der Waals surface area contributed by atoms with Crippen LogP contribution in [0.1, 0.15) is 0 Å². The van der Waals surface area contributed by atoms with Crippen LogP contribution >= 0.6 is 6.42 Å². The van der Waals surface area contributed by atoms with Gasteiger partial charge in [0.05, 0.1) is 13.2 Å². The maximum atomic E-state index is 6.32. The van der Waals surface area contributed by atoms with Gasteiger partial charge in [-0.1, -0.05) is 36.4 Å². The van der Waals surface area contributed by atoms with Crippen LogP contribution in [0, 0.1) is 0 Å². The second-order valence-electron chi connectivity index (χ2n) is 4.83. The van der Waals surface area contributed by atoms with Crippen molar-refractivity contribution < 1.29 is 9.26 Å². The maximum absolute atomic E-state index is 6.32. The van der Waals surface area contributed by atoms with E-state index in [1.54, 1.807) is 0 Å². The van der Waals surface area contributed by atoms with Crippen molar-refractivity contribution in [1.82, 2.24) is 4.67 Å². The Labute approximate surface area is 130 Å². The van der Waals surface area contributed by atoms with Crippen molar-refractivity contribution in [3.05, 3.63) is 60.7 Å². The summed E-state index contributed by atoms with van der Waals surface area (Å²) in [6.07, 6.45) is -2.28. The summed E-state index contributed by atoms with van der Waals surface area (Å²) in [5.74, 6) is 0.830. The molecule has 2 aromatic carbocycles. The summed E-state index contributed by atoms with van der Waals surface area (Å²) in [7, 11) is 0. The smallest absolute Gasteiger partial charge is 0.210 e. The molecule has 0 radical (unpaired) electrons. The fourth-order valence-electron chi connectivity index (χ4n) is 2.33. The summed E-state index contributed by atoms with van der Waals surface area (Å²) in [4.78, 5) is 0. The number of para-hydroxylation sites is 1. The summed E-state index contributed by atoms with van der Waals surface area (Å²) in [6, 6.07) is 20.0. The standard InChI is InChI=1S/C16H18NO2PS/c21-20(16-9-5-2-6-10-16,17-11-13-18-14-12-17)19-15-7-3-1-4-8-15/h1-10H,11-14H2. The molecule has 1 unspecified atom stereocenters. The van der Waals surface area contributed by atoms with Gasteiger partial charge in [-0.2, -0.15) is 0 Å². The lowest BCUT2D eigenvalue weighted by Gasteiger charge is -2.37. The summed E-state index contributed by atoms with van der Waals surface area (Å²) in [6.45, 7) is 3.06. The van der Waals surface area contributed by atoms with Crippen LogP contribution in [0.2, 0.25) is 0 Å². The van der Waals surface area contributed by atoms with Crippen molar-refractivity contribution in [2.45, 2.75) is 0 Å². The van der Waals surface area contributed by atoms with E-state index in [-0.39, 0.29) is 0 Å². The van der Waals surface area contributed by atoms with E-state index in [4.69, 9.17) is 21.1 Å². The van der Waals surface area contributed by atoms with Gasteiger partial charge in [-0.3, -0.25) is 0 Å². The molecule has 3 nitrogen and oxygen atoms in total. The highest BCUT2D eigenvalue weighted by molar-refractivity contribution is 8.14. The third-order valence-corrected chi connectivity index (χ3v) is 7.52. The van der Waals surface area contributed by atoms with Crippen LogP contribution in [0.15, 0.2) is 60.7 Å². The van der Waals surface area contributed by atoms with Gasteiger partial charge in [0.25, 0.3) is 0 Å². The van der Waals surface area contributed by atoms with Crippen molar-refractivity contribution in [1.29, 1.82) is 0 Å². The maximum Gasteiger partial charge on any atom is 0.210 e. The van der Waals surface area contributed by atoms with Crippen LogP contribution in [0.3, 0.4) is 0 Å². The lowest BCUT2D eigenvalue weighted by molar-refractivity contribution is 0.0725. The van der Waals surface area contributed by atoms with Crippen LogP contribution < -0.4 is 9.83 Å². The van der Waals surface area contributed by atoms with Crippen LogP contribution in [0.5, 0.6) is 5.75 Å². The van der Waals surface area contributed by atoms with Gasteiger partial charge in [0.2, 0.25) is 6.42 Å². The van der Waals surface area contributed by atoms with E-state index in [1.165, 1.54) is 0 Å². The average Bonchev–Trinajstić information content (AvgIpc) is 2.57. The van der Waals surface area contributed by atoms with E-state index in [0.717, 1.165) is 24.1 Å². The van der Waals surface area contributed by atoms with Crippen LogP contribution in [-0.4, -0.2) is 31.0 Å². The molecule has 1 heterocycles. The van der Waals surface area contributed by atoms with Crippen molar-refractivity contribution >= 4 is 23.5 Å². The summed E-state index contributed by atoms with van der Waals surface area (Å²) in [5.41, 5.74) is 0. The Kier molecular flexibility index (Phi) is 4.71.